The molecule has 1 saturated heterocycles. The molecule has 1 amide bonds. The monoisotopic (exact) mass is 264 g/mol. The Hall–Kier alpha value is -1.56. The Kier molecular flexibility index (Phi) is 3.42. The molecule has 2 aliphatic heterocycles. The van der Waals surface area contributed by atoms with Crippen LogP contribution in [0.15, 0.2) is 6.20 Å². The third kappa shape index (κ3) is 2.73. The fourth-order valence-corrected chi connectivity index (χ4v) is 2.90. The third-order valence-corrected chi connectivity index (χ3v) is 3.96. The highest BCUT2D eigenvalue weighted by atomic mass is 16.4. The standard InChI is InChI=1S/C13H20N4O2/c18-13(19)17-7-6-16-9-11(14-12(16)10-17)8-15-4-2-1-3-5-15/h9H,1-8,10H2,(H,18,19). The van der Waals surface area contributed by atoms with Gasteiger partial charge in [0.05, 0.1) is 12.2 Å². The van der Waals surface area contributed by atoms with Crippen LogP contribution in [0.5, 0.6) is 0 Å². The number of rotatable bonds is 2. The van der Waals surface area contributed by atoms with Gasteiger partial charge in [0.1, 0.15) is 5.82 Å². The van der Waals surface area contributed by atoms with E-state index in [0.717, 1.165) is 31.2 Å². The highest BCUT2D eigenvalue weighted by Gasteiger charge is 2.22. The number of imidazole rings is 1. The summed E-state index contributed by atoms with van der Waals surface area (Å²) in [4.78, 5) is 19.4. The lowest BCUT2D eigenvalue weighted by Crippen LogP contribution is -2.37. The van der Waals surface area contributed by atoms with Crippen molar-refractivity contribution >= 4 is 6.09 Å². The van der Waals surface area contributed by atoms with Gasteiger partial charge < -0.3 is 9.67 Å². The maximum Gasteiger partial charge on any atom is 0.407 e. The Bertz CT molecular complexity index is 465. The van der Waals surface area contributed by atoms with Gasteiger partial charge in [0.25, 0.3) is 0 Å². The summed E-state index contributed by atoms with van der Waals surface area (Å²) in [5.74, 6) is 0.876. The summed E-state index contributed by atoms with van der Waals surface area (Å²) < 4.78 is 2.10. The van der Waals surface area contributed by atoms with Crippen LogP contribution in [0, 0.1) is 0 Å². The molecule has 3 rings (SSSR count). The molecule has 0 bridgehead atoms. The van der Waals surface area contributed by atoms with E-state index < -0.39 is 6.09 Å². The zero-order valence-corrected chi connectivity index (χ0v) is 11.1. The molecule has 0 aliphatic carbocycles. The second-order valence-corrected chi connectivity index (χ2v) is 5.38. The number of likely N-dealkylation sites (tertiary alicyclic amines) is 1. The van der Waals surface area contributed by atoms with Crippen molar-refractivity contribution in [1.29, 1.82) is 0 Å². The van der Waals surface area contributed by atoms with Gasteiger partial charge in [0, 0.05) is 25.8 Å². The molecule has 3 heterocycles. The molecule has 0 unspecified atom stereocenters. The van der Waals surface area contributed by atoms with E-state index in [4.69, 9.17) is 5.11 Å². The molecule has 1 aromatic heterocycles. The first-order valence-electron chi connectivity index (χ1n) is 6.97. The Morgan fingerprint density at radius 2 is 2.00 bits per heavy atom. The third-order valence-electron chi connectivity index (χ3n) is 3.96. The fraction of sp³-hybridized carbons (Fsp3) is 0.692. The smallest absolute Gasteiger partial charge is 0.407 e. The highest BCUT2D eigenvalue weighted by Crippen LogP contribution is 2.16. The van der Waals surface area contributed by atoms with Gasteiger partial charge >= 0.3 is 6.09 Å². The van der Waals surface area contributed by atoms with Gasteiger partial charge in [-0.05, 0) is 25.9 Å². The van der Waals surface area contributed by atoms with Crippen LogP contribution in [-0.4, -0.2) is 50.2 Å². The van der Waals surface area contributed by atoms with E-state index in [9.17, 15) is 4.79 Å². The molecule has 6 nitrogen and oxygen atoms in total. The molecule has 2 aliphatic rings. The maximum absolute atomic E-state index is 11.0. The van der Waals surface area contributed by atoms with Crippen LogP contribution in [0.4, 0.5) is 4.79 Å². The van der Waals surface area contributed by atoms with Crippen LogP contribution in [-0.2, 0) is 19.6 Å². The molecule has 0 spiro atoms. The van der Waals surface area contributed by atoms with Gasteiger partial charge in [-0.15, -0.1) is 0 Å². The molecule has 19 heavy (non-hydrogen) atoms. The van der Waals surface area contributed by atoms with Crippen LogP contribution in [0.3, 0.4) is 0 Å². The molecule has 6 heteroatoms. The Morgan fingerprint density at radius 3 is 2.74 bits per heavy atom. The zero-order chi connectivity index (χ0) is 13.2. The van der Waals surface area contributed by atoms with Crippen LogP contribution in [0.2, 0.25) is 0 Å². The summed E-state index contributed by atoms with van der Waals surface area (Å²) in [6.45, 7) is 4.89. The van der Waals surface area contributed by atoms with Gasteiger partial charge in [0.15, 0.2) is 0 Å². The van der Waals surface area contributed by atoms with Crippen LogP contribution in [0.1, 0.15) is 30.8 Å². The normalized spacial score (nSPS) is 20.3. The molecule has 1 aromatic rings. The largest absolute Gasteiger partial charge is 0.465 e. The summed E-state index contributed by atoms with van der Waals surface area (Å²) in [5.41, 5.74) is 1.07. The average Bonchev–Trinajstić information content (AvgIpc) is 2.80. The van der Waals surface area contributed by atoms with E-state index in [1.165, 1.54) is 24.2 Å². The summed E-state index contributed by atoms with van der Waals surface area (Å²) in [6, 6.07) is 0. The van der Waals surface area contributed by atoms with E-state index in [0.29, 0.717) is 19.6 Å². The molecule has 0 radical (unpaired) electrons. The first-order chi connectivity index (χ1) is 9.22. The summed E-state index contributed by atoms with van der Waals surface area (Å²) in [5, 5.41) is 9.01. The number of aromatic nitrogens is 2. The van der Waals surface area contributed by atoms with Crippen LogP contribution < -0.4 is 0 Å². The summed E-state index contributed by atoms with van der Waals surface area (Å²) >= 11 is 0. The van der Waals surface area contributed by atoms with Gasteiger partial charge in [-0.2, -0.15) is 0 Å². The Morgan fingerprint density at radius 1 is 1.21 bits per heavy atom. The molecule has 0 atom stereocenters. The minimum atomic E-state index is -0.855. The number of hydrogen-bond donors (Lipinski definition) is 1. The minimum absolute atomic E-state index is 0.412. The fourth-order valence-electron chi connectivity index (χ4n) is 2.90. The first-order valence-corrected chi connectivity index (χ1v) is 6.97. The van der Waals surface area contributed by atoms with Crippen molar-refractivity contribution in [3.8, 4) is 0 Å². The molecule has 1 N–H and O–H groups in total. The number of fused-ring (bicyclic) bond motifs is 1. The van der Waals surface area contributed by atoms with E-state index >= 15 is 0 Å². The second-order valence-electron chi connectivity index (χ2n) is 5.38. The molecule has 0 saturated carbocycles. The number of carboxylic acid groups (broad SMARTS) is 1. The molecular formula is C13H20N4O2. The zero-order valence-electron chi connectivity index (χ0n) is 11.1. The number of hydrogen-bond acceptors (Lipinski definition) is 3. The molecular weight excluding hydrogens is 244 g/mol. The predicted molar refractivity (Wildman–Crippen MR) is 69.8 cm³/mol. The number of piperidine rings is 1. The highest BCUT2D eigenvalue weighted by molar-refractivity contribution is 5.65. The Balaban J connectivity index is 1.67. The topological polar surface area (TPSA) is 61.6 Å². The quantitative estimate of drug-likeness (QED) is 0.876. The van der Waals surface area contributed by atoms with Crippen molar-refractivity contribution < 1.29 is 9.90 Å². The lowest BCUT2D eigenvalue weighted by molar-refractivity contribution is 0.131. The SMILES string of the molecule is O=C(O)N1CCn2cc(CN3CCCCC3)nc2C1. The van der Waals surface area contributed by atoms with E-state index in [1.54, 1.807) is 0 Å². The van der Waals surface area contributed by atoms with E-state index in [2.05, 4.69) is 20.6 Å². The second kappa shape index (κ2) is 5.21. The molecule has 1 fully saturated rings. The Labute approximate surface area is 112 Å². The summed E-state index contributed by atoms with van der Waals surface area (Å²) in [6.07, 6.45) is 5.12. The first kappa shape index (κ1) is 12.5. The number of amides is 1. The van der Waals surface area contributed by atoms with Gasteiger partial charge in [0.2, 0.25) is 0 Å². The van der Waals surface area contributed by atoms with Gasteiger partial charge in [-0.25, -0.2) is 9.78 Å². The average molecular weight is 264 g/mol. The van der Waals surface area contributed by atoms with Gasteiger partial charge in [-0.1, -0.05) is 6.42 Å². The lowest BCUT2D eigenvalue weighted by atomic mass is 10.1. The number of nitrogens with zero attached hydrogens (tertiary/aromatic N) is 4. The van der Waals surface area contributed by atoms with Gasteiger partial charge in [-0.3, -0.25) is 9.80 Å². The van der Waals surface area contributed by atoms with Crippen LogP contribution >= 0.6 is 0 Å². The predicted octanol–water partition coefficient (Wildman–Crippen LogP) is 1.36. The van der Waals surface area contributed by atoms with Crippen molar-refractivity contribution in [2.24, 2.45) is 0 Å². The van der Waals surface area contributed by atoms with Crippen molar-refractivity contribution in [2.45, 2.75) is 38.9 Å². The number of carbonyl (C=O) groups is 1. The molecule has 104 valence electrons. The maximum atomic E-state index is 11.0. The summed E-state index contributed by atoms with van der Waals surface area (Å²) in [7, 11) is 0. The lowest BCUT2D eigenvalue weighted by Gasteiger charge is -2.25. The van der Waals surface area contributed by atoms with Crippen molar-refractivity contribution in [1.82, 2.24) is 19.4 Å². The molecule has 0 aromatic carbocycles. The van der Waals surface area contributed by atoms with Crippen molar-refractivity contribution in [3.05, 3.63) is 17.7 Å². The van der Waals surface area contributed by atoms with Crippen molar-refractivity contribution in [3.63, 3.8) is 0 Å². The van der Waals surface area contributed by atoms with E-state index in [1.807, 2.05) is 0 Å². The van der Waals surface area contributed by atoms with Crippen LogP contribution in [0.25, 0.3) is 0 Å². The van der Waals surface area contributed by atoms with E-state index in [-0.39, 0.29) is 0 Å². The minimum Gasteiger partial charge on any atom is -0.465 e. The van der Waals surface area contributed by atoms with Crippen molar-refractivity contribution in [2.75, 3.05) is 19.6 Å².